The first-order valence-electron chi connectivity index (χ1n) is 6.57. The van der Waals surface area contributed by atoms with Crippen LogP contribution in [0.25, 0.3) is 0 Å². The van der Waals surface area contributed by atoms with Crippen molar-refractivity contribution < 1.29 is 21.6 Å². The Bertz CT molecular complexity index is 602. The predicted octanol–water partition coefficient (Wildman–Crippen LogP) is 1.94. The highest BCUT2D eigenvalue weighted by Gasteiger charge is 2.35. The number of sulfonamides is 1. The fraction of sp³-hybridized carbons (Fsp3) is 0.538. The van der Waals surface area contributed by atoms with Gasteiger partial charge in [0.15, 0.2) is 0 Å². The Labute approximate surface area is 122 Å². The molecule has 0 amide bonds. The minimum absolute atomic E-state index is 0.190. The van der Waals surface area contributed by atoms with E-state index >= 15 is 0 Å². The molecule has 0 unspecified atom stereocenters. The van der Waals surface area contributed by atoms with Gasteiger partial charge >= 0.3 is 6.18 Å². The van der Waals surface area contributed by atoms with Crippen LogP contribution < -0.4 is 5.32 Å². The lowest BCUT2D eigenvalue weighted by Crippen LogP contribution is -2.30. The van der Waals surface area contributed by atoms with E-state index in [1.807, 2.05) is 0 Å². The molecule has 118 valence electrons. The molecule has 1 N–H and O–H groups in total. The molecule has 1 atom stereocenters. The van der Waals surface area contributed by atoms with Crippen LogP contribution in [0.1, 0.15) is 12.0 Å². The zero-order valence-corrected chi connectivity index (χ0v) is 12.3. The third-order valence-electron chi connectivity index (χ3n) is 3.54. The van der Waals surface area contributed by atoms with E-state index in [4.69, 9.17) is 0 Å². The molecule has 0 saturated carbocycles. The van der Waals surface area contributed by atoms with E-state index < -0.39 is 21.8 Å². The van der Waals surface area contributed by atoms with Crippen molar-refractivity contribution in [1.29, 1.82) is 0 Å². The Morgan fingerprint density at radius 2 is 2.10 bits per heavy atom. The molecule has 0 aliphatic carbocycles. The number of hydrogen-bond donors (Lipinski definition) is 1. The molecule has 4 nitrogen and oxygen atoms in total. The van der Waals surface area contributed by atoms with Crippen LogP contribution in [0.5, 0.6) is 0 Å². The maximum absolute atomic E-state index is 12.7. The minimum Gasteiger partial charge on any atom is -0.319 e. The van der Waals surface area contributed by atoms with E-state index in [1.165, 1.54) is 10.4 Å². The number of hydrogen-bond acceptors (Lipinski definition) is 3. The van der Waals surface area contributed by atoms with E-state index in [-0.39, 0.29) is 10.8 Å². The van der Waals surface area contributed by atoms with Crippen LogP contribution in [0.15, 0.2) is 29.2 Å². The topological polar surface area (TPSA) is 49.4 Å². The molecule has 1 fully saturated rings. The molecule has 1 saturated heterocycles. The summed E-state index contributed by atoms with van der Waals surface area (Å²) in [6, 6.07) is 3.89. The minimum atomic E-state index is -4.55. The van der Waals surface area contributed by atoms with Gasteiger partial charge in [-0.1, -0.05) is 6.07 Å². The Balaban J connectivity index is 2.25. The number of nitrogens with zero attached hydrogens (tertiary/aromatic N) is 1. The normalized spacial score (nSPS) is 20.9. The van der Waals surface area contributed by atoms with E-state index in [0.29, 0.717) is 32.1 Å². The van der Waals surface area contributed by atoms with Crippen LogP contribution in [-0.4, -0.2) is 39.4 Å². The van der Waals surface area contributed by atoms with E-state index in [1.54, 1.807) is 7.05 Å². The number of alkyl halides is 3. The smallest absolute Gasteiger partial charge is 0.319 e. The number of nitrogens with one attached hydrogen (secondary N) is 1. The van der Waals surface area contributed by atoms with Gasteiger partial charge in [-0.2, -0.15) is 17.5 Å². The van der Waals surface area contributed by atoms with Gasteiger partial charge in [0.1, 0.15) is 0 Å². The molecule has 1 heterocycles. The summed E-state index contributed by atoms with van der Waals surface area (Å²) in [6.07, 6.45) is -3.84. The quantitative estimate of drug-likeness (QED) is 0.921. The molecule has 2 rings (SSSR count). The summed E-state index contributed by atoms with van der Waals surface area (Å²) in [4.78, 5) is -0.303. The number of halogens is 3. The SMILES string of the molecule is CNC[C@@H]1CCN(S(=O)(=O)c2cccc(C(F)(F)F)c2)C1. The van der Waals surface area contributed by atoms with Crippen molar-refractivity contribution in [3.05, 3.63) is 29.8 Å². The van der Waals surface area contributed by atoms with Crippen LogP contribution in [-0.2, 0) is 16.2 Å². The lowest BCUT2D eigenvalue weighted by atomic mass is 10.1. The van der Waals surface area contributed by atoms with Crippen molar-refractivity contribution in [1.82, 2.24) is 9.62 Å². The second-order valence-corrected chi connectivity index (χ2v) is 7.04. The maximum atomic E-state index is 12.7. The van der Waals surface area contributed by atoms with Crippen molar-refractivity contribution >= 4 is 10.0 Å². The fourth-order valence-corrected chi connectivity index (χ4v) is 4.03. The molecule has 1 aromatic carbocycles. The molecule has 1 aliphatic heterocycles. The lowest BCUT2D eigenvalue weighted by Gasteiger charge is -2.17. The van der Waals surface area contributed by atoms with Crippen molar-refractivity contribution in [3.8, 4) is 0 Å². The van der Waals surface area contributed by atoms with Gasteiger partial charge < -0.3 is 5.32 Å². The van der Waals surface area contributed by atoms with Crippen LogP contribution in [0.4, 0.5) is 13.2 Å². The van der Waals surface area contributed by atoms with Crippen LogP contribution >= 0.6 is 0 Å². The highest BCUT2D eigenvalue weighted by Crippen LogP contribution is 2.32. The summed E-state index contributed by atoms with van der Waals surface area (Å²) < 4.78 is 64.1. The molecule has 0 spiro atoms. The zero-order valence-electron chi connectivity index (χ0n) is 11.5. The summed E-state index contributed by atoms with van der Waals surface area (Å²) in [7, 11) is -2.09. The molecule has 1 aromatic rings. The predicted molar refractivity (Wildman–Crippen MR) is 72.2 cm³/mol. The molecule has 0 aromatic heterocycles. The standard InChI is InChI=1S/C13H17F3N2O2S/c1-17-8-10-5-6-18(9-10)21(19,20)12-4-2-3-11(7-12)13(14,15)16/h2-4,7,10,17H,5-6,8-9H2,1H3/t10-/m0/s1. The van der Waals surface area contributed by atoms with Crippen LogP contribution in [0, 0.1) is 5.92 Å². The average molecular weight is 322 g/mol. The zero-order chi connectivity index (χ0) is 15.7. The average Bonchev–Trinajstić information content (AvgIpc) is 2.88. The van der Waals surface area contributed by atoms with Gasteiger partial charge in [0.25, 0.3) is 0 Å². The molecular weight excluding hydrogens is 305 g/mol. The van der Waals surface area contributed by atoms with Crippen molar-refractivity contribution in [3.63, 3.8) is 0 Å². The third-order valence-corrected chi connectivity index (χ3v) is 5.40. The Morgan fingerprint density at radius 1 is 1.38 bits per heavy atom. The molecule has 0 radical (unpaired) electrons. The Kier molecular flexibility index (Phi) is 4.60. The van der Waals surface area contributed by atoms with Gasteiger partial charge in [0.05, 0.1) is 10.5 Å². The van der Waals surface area contributed by atoms with Gasteiger partial charge in [0.2, 0.25) is 10.0 Å². The lowest BCUT2D eigenvalue weighted by molar-refractivity contribution is -0.137. The van der Waals surface area contributed by atoms with Gasteiger partial charge in [-0.05, 0) is 44.1 Å². The van der Waals surface area contributed by atoms with Crippen molar-refractivity contribution in [2.45, 2.75) is 17.5 Å². The van der Waals surface area contributed by atoms with Crippen molar-refractivity contribution in [2.75, 3.05) is 26.7 Å². The highest BCUT2D eigenvalue weighted by molar-refractivity contribution is 7.89. The first-order chi connectivity index (χ1) is 9.75. The number of benzene rings is 1. The van der Waals surface area contributed by atoms with E-state index in [2.05, 4.69) is 5.32 Å². The van der Waals surface area contributed by atoms with Crippen molar-refractivity contribution in [2.24, 2.45) is 5.92 Å². The van der Waals surface area contributed by atoms with Gasteiger partial charge in [-0.25, -0.2) is 8.42 Å². The van der Waals surface area contributed by atoms with Gasteiger partial charge in [-0.15, -0.1) is 0 Å². The summed E-state index contributed by atoms with van der Waals surface area (Å²) >= 11 is 0. The van der Waals surface area contributed by atoms with Crippen LogP contribution in [0.2, 0.25) is 0 Å². The largest absolute Gasteiger partial charge is 0.416 e. The Hall–Kier alpha value is -1.12. The highest BCUT2D eigenvalue weighted by atomic mass is 32.2. The monoisotopic (exact) mass is 322 g/mol. The van der Waals surface area contributed by atoms with Crippen LogP contribution in [0.3, 0.4) is 0 Å². The number of rotatable bonds is 4. The van der Waals surface area contributed by atoms with Gasteiger partial charge in [0, 0.05) is 13.1 Å². The first-order valence-corrected chi connectivity index (χ1v) is 8.01. The second kappa shape index (κ2) is 5.94. The summed E-state index contributed by atoms with van der Waals surface area (Å²) in [6.45, 7) is 1.36. The third kappa shape index (κ3) is 3.56. The summed E-state index contributed by atoms with van der Waals surface area (Å²) in [5.41, 5.74) is -0.949. The molecular formula is C13H17F3N2O2S. The molecule has 1 aliphatic rings. The fourth-order valence-electron chi connectivity index (χ4n) is 2.45. The van der Waals surface area contributed by atoms with E-state index in [9.17, 15) is 21.6 Å². The maximum Gasteiger partial charge on any atom is 0.416 e. The summed E-state index contributed by atoms with van der Waals surface area (Å²) in [5.74, 6) is 0.190. The van der Waals surface area contributed by atoms with Gasteiger partial charge in [-0.3, -0.25) is 0 Å². The molecule has 21 heavy (non-hydrogen) atoms. The Morgan fingerprint density at radius 3 is 2.71 bits per heavy atom. The first kappa shape index (κ1) is 16.3. The molecule has 0 bridgehead atoms. The second-order valence-electron chi connectivity index (χ2n) is 5.10. The summed E-state index contributed by atoms with van der Waals surface area (Å²) in [5, 5.41) is 2.98. The molecule has 8 heteroatoms. The van der Waals surface area contributed by atoms with E-state index in [0.717, 1.165) is 12.1 Å².